The molecule has 2 heterocycles. The van der Waals surface area contributed by atoms with Crippen LogP contribution < -0.4 is 9.47 Å². The van der Waals surface area contributed by atoms with Gasteiger partial charge in [-0.1, -0.05) is 38.1 Å². The first-order valence-electron chi connectivity index (χ1n) is 12.7. The fraction of sp³-hybridized carbons (Fsp3) is 0.400. The van der Waals surface area contributed by atoms with Crippen molar-refractivity contribution in [1.82, 2.24) is 4.90 Å². The zero-order valence-electron chi connectivity index (χ0n) is 21.0. The Morgan fingerprint density at radius 3 is 2.36 bits per heavy atom. The molecule has 5 nitrogen and oxygen atoms in total. The van der Waals surface area contributed by atoms with Crippen molar-refractivity contribution in [3.63, 3.8) is 0 Å². The quantitative estimate of drug-likeness (QED) is 0.420. The fourth-order valence-electron chi connectivity index (χ4n) is 5.65. The molecule has 1 fully saturated rings. The Bertz CT molecular complexity index is 1200. The molecule has 190 valence electrons. The molecule has 2 aliphatic rings. The van der Waals surface area contributed by atoms with Crippen LogP contribution in [0.5, 0.6) is 23.0 Å². The van der Waals surface area contributed by atoms with Crippen molar-refractivity contribution in [1.29, 1.82) is 0 Å². The van der Waals surface area contributed by atoms with E-state index < -0.39 is 11.9 Å². The number of aromatic hydroxyl groups is 2. The number of nitrogens with zero attached hydrogens (tertiary/aromatic N) is 1. The maximum absolute atomic E-state index is 14.9. The second-order valence-electron chi connectivity index (χ2n) is 10.4. The lowest BCUT2D eigenvalue weighted by molar-refractivity contribution is 0.133. The number of rotatable bonds is 6. The third kappa shape index (κ3) is 4.87. The average Bonchev–Trinajstić information content (AvgIpc) is 3.29. The van der Waals surface area contributed by atoms with Crippen LogP contribution >= 0.6 is 0 Å². The Balaban J connectivity index is 1.40. The van der Waals surface area contributed by atoms with Gasteiger partial charge in [0.15, 0.2) is 0 Å². The minimum absolute atomic E-state index is 0.162. The maximum atomic E-state index is 14.9. The van der Waals surface area contributed by atoms with Crippen molar-refractivity contribution in [3.8, 4) is 23.0 Å². The van der Waals surface area contributed by atoms with Gasteiger partial charge in [0.25, 0.3) is 0 Å². The number of likely N-dealkylation sites (tertiary alicyclic amines) is 1. The minimum Gasteiger partial charge on any atom is -0.508 e. The summed E-state index contributed by atoms with van der Waals surface area (Å²) in [4.78, 5) is 2.48. The summed E-state index contributed by atoms with van der Waals surface area (Å²) in [6.07, 6.45) is 0.837. The van der Waals surface area contributed by atoms with Crippen molar-refractivity contribution < 1.29 is 24.1 Å². The molecule has 0 amide bonds. The smallest absolute Gasteiger partial charge is 0.134 e. The summed E-state index contributed by atoms with van der Waals surface area (Å²) in [5, 5.41) is 19.8. The molecule has 0 spiro atoms. The van der Waals surface area contributed by atoms with Gasteiger partial charge in [-0.3, -0.25) is 4.90 Å². The molecular formula is C30H34FNO4. The summed E-state index contributed by atoms with van der Waals surface area (Å²) in [5.41, 5.74) is 2.33. The van der Waals surface area contributed by atoms with Gasteiger partial charge in [0.1, 0.15) is 41.5 Å². The third-order valence-electron chi connectivity index (χ3n) is 7.71. The van der Waals surface area contributed by atoms with E-state index in [9.17, 15) is 14.6 Å². The number of hydrogen-bond donors (Lipinski definition) is 2. The lowest BCUT2D eigenvalue weighted by atomic mass is 9.75. The van der Waals surface area contributed by atoms with Crippen LogP contribution in [0.2, 0.25) is 0 Å². The lowest BCUT2D eigenvalue weighted by Gasteiger charge is -2.39. The highest BCUT2D eigenvalue weighted by Crippen LogP contribution is 2.52. The number of phenols is 2. The van der Waals surface area contributed by atoms with Crippen molar-refractivity contribution >= 4 is 0 Å². The summed E-state index contributed by atoms with van der Waals surface area (Å²) in [5.74, 6) is 1.02. The van der Waals surface area contributed by atoms with Gasteiger partial charge in [0, 0.05) is 36.2 Å². The third-order valence-corrected chi connectivity index (χ3v) is 7.71. The Hall–Kier alpha value is -3.25. The Morgan fingerprint density at radius 2 is 1.69 bits per heavy atom. The van der Waals surface area contributed by atoms with E-state index in [2.05, 4.69) is 18.7 Å². The largest absolute Gasteiger partial charge is 0.508 e. The van der Waals surface area contributed by atoms with E-state index in [1.807, 2.05) is 43.3 Å². The summed E-state index contributed by atoms with van der Waals surface area (Å²) in [6.45, 7) is 9.35. The summed E-state index contributed by atoms with van der Waals surface area (Å²) in [7, 11) is 0. The molecular weight excluding hydrogens is 457 g/mol. The van der Waals surface area contributed by atoms with Crippen molar-refractivity contribution in [3.05, 3.63) is 83.2 Å². The minimum atomic E-state index is -0.481. The molecule has 0 radical (unpaired) electrons. The summed E-state index contributed by atoms with van der Waals surface area (Å²) in [6, 6.07) is 17.8. The van der Waals surface area contributed by atoms with E-state index >= 15 is 0 Å². The molecule has 3 aromatic carbocycles. The van der Waals surface area contributed by atoms with Crippen LogP contribution in [-0.4, -0.2) is 40.9 Å². The molecule has 0 saturated carbocycles. The van der Waals surface area contributed by atoms with Crippen LogP contribution in [0.15, 0.2) is 60.7 Å². The van der Waals surface area contributed by atoms with Crippen molar-refractivity contribution in [2.24, 2.45) is 5.92 Å². The number of fused-ring (bicyclic) bond motifs is 1. The van der Waals surface area contributed by atoms with Crippen LogP contribution in [0, 0.1) is 11.7 Å². The highest BCUT2D eigenvalue weighted by Gasteiger charge is 2.40. The molecule has 2 aliphatic heterocycles. The van der Waals surface area contributed by atoms with Crippen LogP contribution in [0.4, 0.5) is 4.39 Å². The van der Waals surface area contributed by atoms with Gasteiger partial charge in [-0.05, 0) is 67.1 Å². The monoisotopic (exact) mass is 491 g/mol. The van der Waals surface area contributed by atoms with Gasteiger partial charge in [-0.25, -0.2) is 4.39 Å². The van der Waals surface area contributed by atoms with E-state index in [0.717, 1.165) is 42.0 Å². The fourth-order valence-corrected chi connectivity index (χ4v) is 5.65. The van der Waals surface area contributed by atoms with E-state index in [0.29, 0.717) is 24.0 Å². The van der Waals surface area contributed by atoms with Crippen LogP contribution in [0.1, 0.15) is 61.8 Å². The highest BCUT2D eigenvalue weighted by atomic mass is 19.1. The molecule has 3 aromatic rings. The van der Waals surface area contributed by atoms with Gasteiger partial charge >= 0.3 is 0 Å². The lowest BCUT2D eigenvalue weighted by Crippen LogP contribution is -2.35. The van der Waals surface area contributed by atoms with Gasteiger partial charge in [-0.15, -0.1) is 0 Å². The van der Waals surface area contributed by atoms with Gasteiger partial charge in [0.2, 0.25) is 0 Å². The second kappa shape index (κ2) is 10.0. The second-order valence-corrected chi connectivity index (χ2v) is 10.4. The molecule has 0 aliphatic carbocycles. The number of ether oxygens (including phenoxy) is 2. The Labute approximate surface area is 212 Å². The predicted molar refractivity (Wildman–Crippen MR) is 137 cm³/mol. The topological polar surface area (TPSA) is 62.2 Å². The van der Waals surface area contributed by atoms with E-state index in [4.69, 9.17) is 9.47 Å². The Morgan fingerprint density at radius 1 is 1.00 bits per heavy atom. The zero-order valence-corrected chi connectivity index (χ0v) is 21.0. The summed E-state index contributed by atoms with van der Waals surface area (Å²) < 4.78 is 27.4. The molecule has 36 heavy (non-hydrogen) atoms. The number of halogens is 1. The van der Waals surface area contributed by atoms with Gasteiger partial charge in [-0.2, -0.15) is 0 Å². The van der Waals surface area contributed by atoms with Crippen LogP contribution in [-0.2, 0) is 0 Å². The Kier molecular flexibility index (Phi) is 6.80. The molecule has 3 unspecified atom stereocenters. The molecule has 5 rings (SSSR count). The molecule has 0 aromatic heterocycles. The molecule has 6 heteroatoms. The normalized spacial score (nSPS) is 24.7. The average molecular weight is 492 g/mol. The zero-order chi connectivity index (χ0) is 25.4. The standard InChI is InChI=1S/C30H34FNO4/c1-18-12-13-32(16-18)19(2)17-35-25-10-6-22(7-11-25)30-28(21-4-8-23(33)9-5-21)20(3)29-26(31)14-24(34)15-27(29)36-30/h4-11,14-15,18-20,28,30,33-34H,12-13,16-17H2,1-3H3/t18-,19+,20?,28?,30?/m1/s1. The maximum Gasteiger partial charge on any atom is 0.134 e. The van der Waals surface area contributed by atoms with Crippen LogP contribution in [0.25, 0.3) is 0 Å². The van der Waals surface area contributed by atoms with Crippen LogP contribution in [0.3, 0.4) is 0 Å². The number of benzene rings is 3. The van der Waals surface area contributed by atoms with Crippen molar-refractivity contribution in [2.45, 2.75) is 51.2 Å². The number of phenolic OH excluding ortho intramolecular Hbond substituents is 2. The highest BCUT2D eigenvalue weighted by molar-refractivity contribution is 5.49. The van der Waals surface area contributed by atoms with E-state index in [1.165, 1.54) is 12.5 Å². The molecule has 5 atom stereocenters. The van der Waals surface area contributed by atoms with E-state index in [1.54, 1.807) is 12.1 Å². The summed E-state index contributed by atoms with van der Waals surface area (Å²) >= 11 is 0. The van der Waals surface area contributed by atoms with Gasteiger partial charge < -0.3 is 19.7 Å². The molecule has 2 N–H and O–H groups in total. The SMILES string of the molecule is CC1c2c(F)cc(O)cc2OC(c2ccc(OC[C@H](C)N3CC[C@@H](C)C3)cc2)C1c1ccc(O)cc1. The predicted octanol–water partition coefficient (Wildman–Crippen LogP) is 6.37. The first-order chi connectivity index (χ1) is 17.3. The molecule has 1 saturated heterocycles. The van der Waals surface area contributed by atoms with E-state index in [-0.39, 0.29) is 23.3 Å². The number of hydrogen-bond acceptors (Lipinski definition) is 5. The van der Waals surface area contributed by atoms with Crippen molar-refractivity contribution in [2.75, 3.05) is 19.7 Å². The molecule has 0 bridgehead atoms. The first-order valence-corrected chi connectivity index (χ1v) is 12.7. The first kappa shape index (κ1) is 24.4. The van der Waals surface area contributed by atoms with Gasteiger partial charge in [0.05, 0.1) is 0 Å².